The molecule has 1 aliphatic rings. The summed E-state index contributed by atoms with van der Waals surface area (Å²) in [6, 6.07) is 3.00. The maximum Gasteiger partial charge on any atom is 0.255 e. The average Bonchev–Trinajstić information content (AvgIpc) is 2.84. The number of pyridine rings is 1. The number of carbonyl (C=O) groups excluding carboxylic acids is 1. The predicted octanol–water partition coefficient (Wildman–Crippen LogP) is 2.03. The van der Waals surface area contributed by atoms with Crippen LogP contribution in [0.15, 0.2) is 23.1 Å². The fourth-order valence-corrected chi connectivity index (χ4v) is 2.66. The summed E-state index contributed by atoms with van der Waals surface area (Å²) in [6.07, 6.45) is 4.80. The highest BCUT2D eigenvalue weighted by Crippen LogP contribution is 2.37. The number of nitrogens with one attached hydrogen (secondary N) is 1. The molecule has 2 rings (SSSR count). The van der Waals surface area contributed by atoms with Gasteiger partial charge in [-0.2, -0.15) is 0 Å². The predicted molar refractivity (Wildman–Crippen MR) is 70.6 cm³/mol. The number of nitrogens with zero attached hydrogens (tertiary/aromatic N) is 1. The summed E-state index contributed by atoms with van der Waals surface area (Å²) in [5, 5.41) is 0. The molecule has 2 heterocycles. The van der Waals surface area contributed by atoms with Crippen molar-refractivity contribution in [2.45, 2.75) is 33.1 Å². The molecular weight excluding hydrogens is 228 g/mol. The van der Waals surface area contributed by atoms with E-state index >= 15 is 0 Å². The van der Waals surface area contributed by atoms with Crippen molar-refractivity contribution in [3.8, 4) is 0 Å². The van der Waals surface area contributed by atoms with Gasteiger partial charge in [-0.1, -0.05) is 13.8 Å². The summed E-state index contributed by atoms with van der Waals surface area (Å²) in [7, 11) is 0. The van der Waals surface area contributed by atoms with Crippen molar-refractivity contribution >= 4 is 5.91 Å². The number of carbonyl (C=O) groups is 1. The van der Waals surface area contributed by atoms with Crippen molar-refractivity contribution < 1.29 is 4.79 Å². The summed E-state index contributed by atoms with van der Waals surface area (Å²) in [6.45, 7) is 6.03. The highest BCUT2D eigenvalue weighted by atomic mass is 16.2. The Kier molecular flexibility index (Phi) is 3.55. The van der Waals surface area contributed by atoms with Gasteiger partial charge in [0.05, 0.1) is 5.56 Å². The molecule has 0 bridgehead atoms. The van der Waals surface area contributed by atoms with Gasteiger partial charge in [-0.25, -0.2) is 0 Å². The zero-order chi connectivity index (χ0) is 13.2. The number of hydrogen-bond donors (Lipinski definition) is 1. The molecule has 0 spiro atoms. The van der Waals surface area contributed by atoms with Crippen LogP contribution in [-0.2, 0) is 0 Å². The second-order valence-corrected chi connectivity index (χ2v) is 5.13. The van der Waals surface area contributed by atoms with E-state index in [0.29, 0.717) is 5.56 Å². The van der Waals surface area contributed by atoms with Crippen LogP contribution in [0.4, 0.5) is 0 Å². The first-order valence-electron chi connectivity index (χ1n) is 6.58. The van der Waals surface area contributed by atoms with E-state index < -0.39 is 0 Å². The Morgan fingerprint density at radius 1 is 1.39 bits per heavy atom. The van der Waals surface area contributed by atoms with E-state index in [4.69, 9.17) is 0 Å². The van der Waals surface area contributed by atoms with Crippen LogP contribution < -0.4 is 5.56 Å². The summed E-state index contributed by atoms with van der Waals surface area (Å²) < 4.78 is 0. The molecule has 0 saturated carbocycles. The summed E-state index contributed by atoms with van der Waals surface area (Å²) >= 11 is 0. The third-order valence-corrected chi connectivity index (χ3v) is 4.26. The van der Waals surface area contributed by atoms with Crippen molar-refractivity contribution in [1.82, 2.24) is 9.88 Å². The number of H-pyrrole nitrogens is 1. The Balaban J connectivity index is 2.12. The van der Waals surface area contributed by atoms with Crippen molar-refractivity contribution in [2.75, 3.05) is 13.1 Å². The molecule has 1 aromatic heterocycles. The Hall–Kier alpha value is -1.58. The first-order chi connectivity index (χ1) is 8.60. The molecule has 0 atom stereocenters. The quantitative estimate of drug-likeness (QED) is 0.889. The number of aromatic amines is 1. The van der Waals surface area contributed by atoms with Gasteiger partial charge in [-0.3, -0.25) is 9.59 Å². The summed E-state index contributed by atoms with van der Waals surface area (Å²) in [5.41, 5.74) is 0.680. The average molecular weight is 248 g/mol. The smallest absolute Gasteiger partial charge is 0.255 e. The van der Waals surface area contributed by atoms with Gasteiger partial charge in [0, 0.05) is 25.4 Å². The standard InChI is InChI=1S/C14H20N2O2/c1-3-14(4-2)7-8-16(10-14)13(18)11-5-6-12(17)15-9-11/h5-6,9H,3-4,7-8,10H2,1-2H3,(H,15,17). The molecule has 98 valence electrons. The second kappa shape index (κ2) is 4.96. The summed E-state index contributed by atoms with van der Waals surface area (Å²) in [4.78, 5) is 27.7. The Morgan fingerprint density at radius 2 is 2.11 bits per heavy atom. The third-order valence-electron chi connectivity index (χ3n) is 4.26. The van der Waals surface area contributed by atoms with Crippen LogP contribution in [0.2, 0.25) is 0 Å². The van der Waals surface area contributed by atoms with Crippen LogP contribution >= 0.6 is 0 Å². The molecule has 4 heteroatoms. The lowest BCUT2D eigenvalue weighted by molar-refractivity contribution is 0.0769. The Morgan fingerprint density at radius 3 is 2.61 bits per heavy atom. The van der Waals surface area contributed by atoms with E-state index in [9.17, 15) is 9.59 Å². The largest absolute Gasteiger partial charge is 0.338 e. The monoisotopic (exact) mass is 248 g/mol. The van der Waals surface area contributed by atoms with E-state index in [0.717, 1.165) is 32.4 Å². The summed E-state index contributed by atoms with van der Waals surface area (Å²) in [5.74, 6) is 0.0232. The van der Waals surface area contributed by atoms with Crippen LogP contribution in [0, 0.1) is 5.41 Å². The van der Waals surface area contributed by atoms with Gasteiger partial charge < -0.3 is 9.88 Å². The van der Waals surface area contributed by atoms with Crippen molar-refractivity contribution in [3.63, 3.8) is 0 Å². The van der Waals surface area contributed by atoms with Crippen molar-refractivity contribution in [2.24, 2.45) is 5.41 Å². The van der Waals surface area contributed by atoms with E-state index in [1.54, 1.807) is 6.07 Å². The molecule has 1 aromatic rings. The molecule has 1 saturated heterocycles. The third kappa shape index (κ3) is 2.33. The van der Waals surface area contributed by atoms with E-state index in [2.05, 4.69) is 18.8 Å². The van der Waals surface area contributed by atoms with E-state index in [-0.39, 0.29) is 16.9 Å². The van der Waals surface area contributed by atoms with Gasteiger partial charge in [0.1, 0.15) is 0 Å². The minimum atomic E-state index is -0.176. The number of aromatic nitrogens is 1. The zero-order valence-corrected chi connectivity index (χ0v) is 11.0. The van der Waals surface area contributed by atoms with Crippen LogP contribution in [0.25, 0.3) is 0 Å². The lowest BCUT2D eigenvalue weighted by Gasteiger charge is -2.26. The van der Waals surface area contributed by atoms with Gasteiger partial charge in [-0.05, 0) is 30.7 Å². The fraction of sp³-hybridized carbons (Fsp3) is 0.571. The maximum atomic E-state index is 12.3. The number of rotatable bonds is 3. The molecule has 0 unspecified atom stereocenters. The fourth-order valence-electron chi connectivity index (χ4n) is 2.66. The first-order valence-corrected chi connectivity index (χ1v) is 6.58. The molecule has 0 aromatic carbocycles. The van der Waals surface area contributed by atoms with E-state index in [1.807, 2.05) is 4.90 Å². The normalized spacial score (nSPS) is 18.0. The minimum absolute atomic E-state index is 0.0232. The molecule has 1 aliphatic heterocycles. The van der Waals surface area contributed by atoms with Gasteiger partial charge in [0.15, 0.2) is 0 Å². The second-order valence-electron chi connectivity index (χ2n) is 5.13. The molecule has 1 N–H and O–H groups in total. The molecule has 4 nitrogen and oxygen atoms in total. The molecule has 1 amide bonds. The lowest BCUT2D eigenvalue weighted by atomic mass is 9.82. The molecule has 18 heavy (non-hydrogen) atoms. The molecule has 1 fully saturated rings. The topological polar surface area (TPSA) is 53.2 Å². The van der Waals surface area contributed by atoms with Crippen molar-refractivity contribution in [1.29, 1.82) is 0 Å². The first kappa shape index (κ1) is 12.9. The molecule has 0 aliphatic carbocycles. The highest BCUT2D eigenvalue weighted by Gasteiger charge is 2.37. The Bertz CT molecular complexity index is 468. The van der Waals surface area contributed by atoms with Gasteiger partial charge >= 0.3 is 0 Å². The van der Waals surface area contributed by atoms with Gasteiger partial charge in [0.25, 0.3) is 5.91 Å². The van der Waals surface area contributed by atoms with Crippen LogP contribution in [0.3, 0.4) is 0 Å². The maximum absolute atomic E-state index is 12.3. The van der Waals surface area contributed by atoms with Gasteiger partial charge in [-0.15, -0.1) is 0 Å². The van der Waals surface area contributed by atoms with Crippen LogP contribution in [0.1, 0.15) is 43.5 Å². The zero-order valence-electron chi connectivity index (χ0n) is 11.0. The highest BCUT2D eigenvalue weighted by molar-refractivity contribution is 5.94. The number of hydrogen-bond acceptors (Lipinski definition) is 2. The van der Waals surface area contributed by atoms with Crippen LogP contribution in [-0.4, -0.2) is 28.9 Å². The van der Waals surface area contributed by atoms with E-state index in [1.165, 1.54) is 12.3 Å². The van der Waals surface area contributed by atoms with Crippen LogP contribution in [0.5, 0.6) is 0 Å². The van der Waals surface area contributed by atoms with Crippen molar-refractivity contribution in [3.05, 3.63) is 34.2 Å². The molecule has 0 radical (unpaired) electrons. The van der Waals surface area contributed by atoms with Gasteiger partial charge in [0.2, 0.25) is 5.56 Å². The minimum Gasteiger partial charge on any atom is -0.338 e. The number of amides is 1. The SMILES string of the molecule is CCC1(CC)CCN(C(=O)c2ccc(=O)[nH]c2)C1. The lowest BCUT2D eigenvalue weighted by Crippen LogP contribution is -2.32. The number of likely N-dealkylation sites (tertiary alicyclic amines) is 1. The Labute approximate surface area is 107 Å². The molecular formula is C14H20N2O2.